The van der Waals surface area contributed by atoms with Gasteiger partial charge >= 0.3 is 0 Å². The van der Waals surface area contributed by atoms with Gasteiger partial charge in [-0.15, -0.1) is 0 Å². The Morgan fingerprint density at radius 3 is 3.08 bits per heavy atom. The summed E-state index contributed by atoms with van der Waals surface area (Å²) in [5, 5.41) is 3.29. The third kappa shape index (κ3) is 4.00. The highest BCUT2D eigenvalue weighted by Crippen LogP contribution is 2.22. The van der Waals surface area contributed by atoms with Crippen molar-refractivity contribution in [1.29, 1.82) is 0 Å². The van der Waals surface area contributed by atoms with Gasteiger partial charge in [0.1, 0.15) is 0 Å². The molecule has 2 atom stereocenters. The molecule has 1 saturated heterocycles. The highest BCUT2D eigenvalue weighted by atomic mass is 32.2. The molecule has 0 spiro atoms. The second-order valence-corrected chi connectivity index (χ2v) is 4.84. The topological polar surface area (TPSA) is 55.1 Å². The lowest BCUT2D eigenvalue weighted by molar-refractivity contribution is -0.121. The van der Waals surface area contributed by atoms with Gasteiger partial charge in [-0.3, -0.25) is 4.79 Å². The molecule has 76 valence electrons. The normalized spacial score (nSPS) is 24.5. The van der Waals surface area contributed by atoms with Gasteiger partial charge in [0, 0.05) is 12.5 Å². The standard InChI is InChI=1S/C9H18N2OS/c1-7(9(10)12)4-11-5-8-2-3-13-6-8/h7-8,11H,2-6H2,1H3,(H2,10,12). The maximum absolute atomic E-state index is 10.7. The lowest BCUT2D eigenvalue weighted by Gasteiger charge is -2.12. The predicted octanol–water partition coefficient (Wildman–Crippen LogP) is 0.450. The van der Waals surface area contributed by atoms with Gasteiger partial charge in [0.2, 0.25) is 5.91 Å². The summed E-state index contributed by atoms with van der Waals surface area (Å²) in [5.41, 5.74) is 5.15. The molecule has 3 N–H and O–H groups in total. The minimum atomic E-state index is -0.215. The van der Waals surface area contributed by atoms with Crippen LogP contribution in [0.4, 0.5) is 0 Å². The molecular formula is C9H18N2OS. The van der Waals surface area contributed by atoms with Crippen molar-refractivity contribution in [3.05, 3.63) is 0 Å². The fourth-order valence-corrected chi connectivity index (χ4v) is 2.63. The van der Waals surface area contributed by atoms with Gasteiger partial charge in [0.25, 0.3) is 0 Å². The van der Waals surface area contributed by atoms with E-state index in [0.717, 1.165) is 19.0 Å². The summed E-state index contributed by atoms with van der Waals surface area (Å²) in [4.78, 5) is 10.7. The van der Waals surface area contributed by atoms with Crippen LogP contribution in [-0.2, 0) is 4.79 Å². The van der Waals surface area contributed by atoms with E-state index < -0.39 is 0 Å². The quantitative estimate of drug-likeness (QED) is 0.680. The molecule has 1 rings (SSSR count). The van der Waals surface area contributed by atoms with Gasteiger partial charge in [-0.1, -0.05) is 6.92 Å². The van der Waals surface area contributed by atoms with Crippen molar-refractivity contribution in [3.63, 3.8) is 0 Å². The zero-order valence-electron chi connectivity index (χ0n) is 8.08. The first-order valence-corrected chi connectivity index (χ1v) is 5.93. The zero-order chi connectivity index (χ0) is 9.68. The van der Waals surface area contributed by atoms with Crippen LogP contribution in [-0.4, -0.2) is 30.5 Å². The molecule has 0 aliphatic carbocycles. The van der Waals surface area contributed by atoms with Crippen LogP contribution in [0.5, 0.6) is 0 Å². The van der Waals surface area contributed by atoms with Gasteiger partial charge in [-0.2, -0.15) is 11.8 Å². The third-order valence-electron chi connectivity index (χ3n) is 2.39. The Bertz CT molecular complexity index is 169. The number of carbonyl (C=O) groups is 1. The number of amides is 1. The van der Waals surface area contributed by atoms with Crippen LogP contribution < -0.4 is 11.1 Å². The number of primary amides is 1. The Morgan fingerprint density at radius 1 is 1.77 bits per heavy atom. The highest BCUT2D eigenvalue weighted by molar-refractivity contribution is 7.99. The summed E-state index contributed by atoms with van der Waals surface area (Å²) in [5.74, 6) is 3.09. The zero-order valence-corrected chi connectivity index (χ0v) is 8.90. The number of nitrogens with two attached hydrogens (primary N) is 1. The SMILES string of the molecule is CC(CNCC1CCSC1)C(N)=O. The number of thioether (sulfide) groups is 1. The monoisotopic (exact) mass is 202 g/mol. The van der Waals surface area contributed by atoms with E-state index in [0.29, 0.717) is 0 Å². The van der Waals surface area contributed by atoms with Crippen LogP contribution in [0.2, 0.25) is 0 Å². The average molecular weight is 202 g/mol. The predicted molar refractivity (Wildman–Crippen MR) is 56.7 cm³/mol. The van der Waals surface area contributed by atoms with Crippen molar-refractivity contribution >= 4 is 17.7 Å². The number of rotatable bonds is 5. The van der Waals surface area contributed by atoms with Crippen LogP contribution in [0.15, 0.2) is 0 Å². The van der Waals surface area contributed by atoms with E-state index in [1.807, 2.05) is 18.7 Å². The Balaban J connectivity index is 2.02. The Labute approximate surface area is 83.8 Å². The maximum Gasteiger partial charge on any atom is 0.221 e. The molecule has 1 heterocycles. The molecule has 3 nitrogen and oxygen atoms in total. The lowest BCUT2D eigenvalue weighted by Crippen LogP contribution is -2.33. The van der Waals surface area contributed by atoms with Gasteiger partial charge < -0.3 is 11.1 Å². The molecule has 1 aliphatic rings. The van der Waals surface area contributed by atoms with Crippen LogP contribution in [0.3, 0.4) is 0 Å². The summed E-state index contributed by atoms with van der Waals surface area (Å²) >= 11 is 2.02. The van der Waals surface area contributed by atoms with E-state index in [4.69, 9.17) is 5.73 Å². The van der Waals surface area contributed by atoms with Crippen LogP contribution in [0, 0.1) is 11.8 Å². The van der Waals surface area contributed by atoms with E-state index in [1.54, 1.807) is 0 Å². The smallest absolute Gasteiger partial charge is 0.221 e. The van der Waals surface area contributed by atoms with E-state index in [-0.39, 0.29) is 11.8 Å². The molecule has 0 radical (unpaired) electrons. The van der Waals surface area contributed by atoms with Crippen molar-refractivity contribution < 1.29 is 4.79 Å². The van der Waals surface area contributed by atoms with Crippen molar-refractivity contribution in [3.8, 4) is 0 Å². The summed E-state index contributed by atoms with van der Waals surface area (Å²) in [6.45, 7) is 3.61. The average Bonchev–Trinajstić information content (AvgIpc) is 2.56. The molecule has 0 bridgehead atoms. The van der Waals surface area contributed by atoms with Crippen molar-refractivity contribution in [2.24, 2.45) is 17.6 Å². The number of hydrogen-bond acceptors (Lipinski definition) is 3. The van der Waals surface area contributed by atoms with Gasteiger partial charge in [0.15, 0.2) is 0 Å². The molecule has 4 heteroatoms. The first kappa shape index (κ1) is 10.9. The second-order valence-electron chi connectivity index (χ2n) is 3.69. The molecule has 1 amide bonds. The van der Waals surface area contributed by atoms with E-state index in [1.165, 1.54) is 17.9 Å². The Hall–Kier alpha value is -0.220. The van der Waals surface area contributed by atoms with Crippen LogP contribution >= 0.6 is 11.8 Å². The molecule has 1 aliphatic heterocycles. The molecule has 1 fully saturated rings. The van der Waals surface area contributed by atoms with Gasteiger partial charge in [-0.05, 0) is 30.4 Å². The van der Waals surface area contributed by atoms with Crippen LogP contribution in [0.1, 0.15) is 13.3 Å². The largest absolute Gasteiger partial charge is 0.369 e. The number of hydrogen-bond donors (Lipinski definition) is 2. The minimum absolute atomic E-state index is 0.0472. The fourth-order valence-electron chi connectivity index (χ4n) is 1.35. The molecule has 0 aromatic heterocycles. The number of carbonyl (C=O) groups excluding carboxylic acids is 1. The molecule has 13 heavy (non-hydrogen) atoms. The first-order chi connectivity index (χ1) is 6.20. The van der Waals surface area contributed by atoms with Crippen molar-refractivity contribution in [2.45, 2.75) is 13.3 Å². The molecule has 0 saturated carbocycles. The van der Waals surface area contributed by atoms with Crippen molar-refractivity contribution in [1.82, 2.24) is 5.32 Å². The minimum Gasteiger partial charge on any atom is -0.369 e. The van der Waals surface area contributed by atoms with Gasteiger partial charge in [0.05, 0.1) is 0 Å². The molecular weight excluding hydrogens is 184 g/mol. The maximum atomic E-state index is 10.7. The molecule has 2 unspecified atom stereocenters. The first-order valence-electron chi connectivity index (χ1n) is 4.78. The van der Waals surface area contributed by atoms with E-state index in [2.05, 4.69) is 5.32 Å². The molecule has 0 aromatic carbocycles. The third-order valence-corrected chi connectivity index (χ3v) is 3.62. The summed E-state index contributed by atoms with van der Waals surface area (Å²) in [7, 11) is 0. The van der Waals surface area contributed by atoms with Crippen LogP contribution in [0.25, 0.3) is 0 Å². The second kappa shape index (κ2) is 5.50. The van der Waals surface area contributed by atoms with Gasteiger partial charge in [-0.25, -0.2) is 0 Å². The summed E-state index contributed by atoms with van der Waals surface area (Å²) < 4.78 is 0. The molecule has 0 aromatic rings. The number of nitrogens with one attached hydrogen (secondary N) is 1. The van der Waals surface area contributed by atoms with E-state index in [9.17, 15) is 4.79 Å². The Kier molecular flexibility index (Phi) is 4.59. The summed E-state index contributed by atoms with van der Waals surface area (Å²) in [6, 6.07) is 0. The fraction of sp³-hybridized carbons (Fsp3) is 0.889. The van der Waals surface area contributed by atoms with Crippen molar-refractivity contribution in [2.75, 3.05) is 24.6 Å². The lowest BCUT2D eigenvalue weighted by atomic mass is 10.1. The highest BCUT2D eigenvalue weighted by Gasteiger charge is 2.15. The Morgan fingerprint density at radius 2 is 2.54 bits per heavy atom. The summed E-state index contributed by atoms with van der Waals surface area (Å²) in [6.07, 6.45) is 1.31. The van der Waals surface area contributed by atoms with E-state index >= 15 is 0 Å².